The monoisotopic (exact) mass is 477 g/mol. The van der Waals surface area contributed by atoms with Gasteiger partial charge < -0.3 is 19.5 Å². The molecule has 2 aromatic carbocycles. The van der Waals surface area contributed by atoms with E-state index in [4.69, 9.17) is 9.47 Å². The largest absolute Gasteiger partial charge is 0.488 e. The van der Waals surface area contributed by atoms with Gasteiger partial charge in [0.1, 0.15) is 35.7 Å². The minimum Gasteiger partial charge on any atom is -0.488 e. The third kappa shape index (κ3) is 5.93. The number of carbonyl (C=O) groups excluding carboxylic acids is 2. The van der Waals surface area contributed by atoms with Crippen molar-refractivity contribution in [3.05, 3.63) is 71.7 Å². The number of hydrogen-bond acceptors (Lipinski definition) is 6. The number of nitrogens with zero attached hydrogens (tertiary/aromatic N) is 2. The standard InChI is InChI=1S/C26H28N4O5/c1-16-13-28-24(14-27-16)29-25(32)20-10-22(34-18(3)15-31)12-23(11-20)35-21-6-4-19(5-7-21)26(33)30-9-8-17(30)2/h4-7,10-14,17-18,31H,8-9,15H2,1-3H3,(H,28,29,32)/p+1/t17?,18-/m0/s1. The SMILES string of the molecule is Cc1c[nH+]c(NC(=O)c2cc(Oc3ccc(C(=O)N4CCC4C)cc3)cc(O[C@@H](C)CO)c2)cn1. The average molecular weight is 478 g/mol. The average Bonchev–Trinajstić information content (AvgIpc) is 2.84. The lowest BCUT2D eigenvalue weighted by molar-refractivity contribution is -0.362. The number of nitrogens with one attached hydrogen (secondary N) is 2. The van der Waals surface area contributed by atoms with Crippen molar-refractivity contribution in [1.29, 1.82) is 0 Å². The molecule has 2 atom stereocenters. The van der Waals surface area contributed by atoms with Gasteiger partial charge in [-0.15, -0.1) is 0 Å². The van der Waals surface area contributed by atoms with Crippen molar-refractivity contribution in [3.63, 3.8) is 0 Å². The normalized spacial score (nSPS) is 15.7. The molecule has 1 aliphatic rings. The molecule has 0 spiro atoms. The van der Waals surface area contributed by atoms with E-state index in [1.165, 1.54) is 6.20 Å². The summed E-state index contributed by atoms with van der Waals surface area (Å²) in [4.78, 5) is 34.4. The minimum absolute atomic E-state index is 0.00467. The number of aliphatic hydroxyl groups is 1. The highest BCUT2D eigenvalue weighted by Crippen LogP contribution is 2.29. The fourth-order valence-corrected chi connectivity index (χ4v) is 3.57. The molecule has 0 aliphatic carbocycles. The highest BCUT2D eigenvalue weighted by atomic mass is 16.5. The molecule has 9 nitrogen and oxygen atoms in total. The molecular weight excluding hydrogens is 448 g/mol. The number of benzene rings is 2. The number of likely N-dealkylation sites (tertiary alicyclic amines) is 1. The van der Waals surface area contributed by atoms with E-state index in [0.29, 0.717) is 34.2 Å². The molecule has 2 amide bonds. The Morgan fingerprint density at radius 1 is 1.17 bits per heavy atom. The molecule has 1 aliphatic heterocycles. The van der Waals surface area contributed by atoms with E-state index in [-0.39, 0.29) is 24.5 Å². The first-order valence-electron chi connectivity index (χ1n) is 11.5. The van der Waals surface area contributed by atoms with Crippen LogP contribution in [0.1, 0.15) is 46.7 Å². The van der Waals surface area contributed by atoms with Crippen molar-refractivity contribution in [2.45, 2.75) is 39.3 Å². The molecule has 35 heavy (non-hydrogen) atoms. The Hall–Kier alpha value is -3.98. The Labute approximate surface area is 203 Å². The highest BCUT2D eigenvalue weighted by Gasteiger charge is 2.28. The highest BCUT2D eigenvalue weighted by molar-refractivity contribution is 6.04. The first-order chi connectivity index (χ1) is 16.8. The third-order valence-electron chi connectivity index (χ3n) is 5.74. The minimum atomic E-state index is -0.468. The first-order valence-corrected chi connectivity index (χ1v) is 11.5. The summed E-state index contributed by atoms with van der Waals surface area (Å²) < 4.78 is 11.7. The Balaban J connectivity index is 1.53. The lowest BCUT2D eigenvalue weighted by Gasteiger charge is -2.38. The van der Waals surface area contributed by atoms with E-state index in [9.17, 15) is 14.7 Å². The van der Waals surface area contributed by atoms with Crippen LogP contribution in [-0.4, -0.2) is 52.1 Å². The third-order valence-corrected chi connectivity index (χ3v) is 5.74. The second-order valence-electron chi connectivity index (χ2n) is 8.62. The van der Waals surface area contributed by atoms with E-state index < -0.39 is 6.10 Å². The number of rotatable bonds is 8. The lowest BCUT2D eigenvalue weighted by Crippen LogP contribution is -2.49. The molecule has 1 fully saturated rings. The molecule has 2 heterocycles. The fourth-order valence-electron chi connectivity index (χ4n) is 3.57. The number of carbonyl (C=O) groups is 2. The van der Waals surface area contributed by atoms with E-state index in [2.05, 4.69) is 15.3 Å². The van der Waals surface area contributed by atoms with Crippen molar-refractivity contribution in [2.24, 2.45) is 0 Å². The molecule has 0 radical (unpaired) electrons. The maximum atomic E-state index is 12.9. The second kappa shape index (κ2) is 10.5. The van der Waals surface area contributed by atoms with Gasteiger partial charge in [0.05, 0.1) is 17.9 Å². The topological polar surface area (TPSA) is 115 Å². The number of aliphatic hydroxyl groups excluding tert-OH is 1. The number of aryl methyl sites for hydroxylation is 1. The maximum Gasteiger partial charge on any atom is 0.339 e. The summed E-state index contributed by atoms with van der Waals surface area (Å²) in [5.41, 5.74) is 1.69. The van der Waals surface area contributed by atoms with Crippen molar-refractivity contribution in [1.82, 2.24) is 9.88 Å². The van der Waals surface area contributed by atoms with Gasteiger partial charge in [0.2, 0.25) is 0 Å². The van der Waals surface area contributed by atoms with E-state index in [0.717, 1.165) is 18.7 Å². The Bertz CT molecular complexity index is 1200. The number of aromatic nitrogens is 2. The van der Waals surface area contributed by atoms with Gasteiger partial charge in [-0.3, -0.25) is 4.79 Å². The van der Waals surface area contributed by atoms with Crippen LogP contribution in [0.3, 0.4) is 0 Å². The summed E-state index contributed by atoms with van der Waals surface area (Å²) in [6.07, 6.45) is 3.77. The zero-order chi connectivity index (χ0) is 24.9. The van der Waals surface area contributed by atoms with Crippen molar-refractivity contribution >= 4 is 17.6 Å². The molecule has 1 aromatic heterocycles. The number of anilines is 1. The van der Waals surface area contributed by atoms with Gasteiger partial charge in [-0.1, -0.05) is 0 Å². The predicted molar refractivity (Wildman–Crippen MR) is 129 cm³/mol. The number of H-pyrrole nitrogens is 1. The lowest BCUT2D eigenvalue weighted by atomic mass is 10.0. The maximum absolute atomic E-state index is 12.9. The molecular formula is C26H29N4O5+. The van der Waals surface area contributed by atoms with Crippen LogP contribution in [-0.2, 0) is 0 Å². The quantitative estimate of drug-likeness (QED) is 0.515. The summed E-state index contributed by atoms with van der Waals surface area (Å²) in [5, 5.41) is 12.1. The molecule has 0 saturated carbocycles. The van der Waals surface area contributed by atoms with E-state index in [1.807, 2.05) is 18.7 Å². The zero-order valence-corrected chi connectivity index (χ0v) is 19.9. The Kier molecular flexibility index (Phi) is 7.26. The van der Waals surface area contributed by atoms with Crippen LogP contribution in [0.4, 0.5) is 5.82 Å². The van der Waals surface area contributed by atoms with Crippen molar-refractivity contribution in [2.75, 3.05) is 18.5 Å². The smallest absolute Gasteiger partial charge is 0.339 e. The van der Waals surface area contributed by atoms with E-state index in [1.54, 1.807) is 55.6 Å². The Morgan fingerprint density at radius 3 is 2.51 bits per heavy atom. The molecule has 1 unspecified atom stereocenters. The van der Waals surface area contributed by atoms with Gasteiger partial charge in [0.15, 0.2) is 0 Å². The van der Waals surface area contributed by atoms with E-state index >= 15 is 0 Å². The number of aromatic amines is 1. The van der Waals surface area contributed by atoms with Crippen molar-refractivity contribution in [3.8, 4) is 17.2 Å². The number of hydrogen-bond donors (Lipinski definition) is 2. The second-order valence-corrected chi connectivity index (χ2v) is 8.62. The molecule has 3 N–H and O–H groups in total. The summed E-state index contributed by atoms with van der Waals surface area (Å²) in [7, 11) is 0. The molecule has 182 valence electrons. The molecule has 9 heteroatoms. The molecule has 4 rings (SSSR count). The van der Waals surface area contributed by atoms with Gasteiger partial charge in [-0.05, 0) is 63.6 Å². The van der Waals surface area contributed by atoms with Gasteiger partial charge in [0.25, 0.3) is 11.7 Å². The molecule has 0 bridgehead atoms. The van der Waals surface area contributed by atoms with Crippen LogP contribution in [0.15, 0.2) is 54.9 Å². The first kappa shape index (κ1) is 24.2. The van der Waals surface area contributed by atoms with Gasteiger partial charge >= 0.3 is 5.91 Å². The van der Waals surface area contributed by atoms with Gasteiger partial charge in [0, 0.05) is 24.2 Å². The predicted octanol–water partition coefficient (Wildman–Crippen LogP) is 3.24. The summed E-state index contributed by atoms with van der Waals surface area (Å²) >= 11 is 0. The fraction of sp³-hybridized carbons (Fsp3) is 0.308. The van der Waals surface area contributed by atoms with Crippen LogP contribution in [0.2, 0.25) is 0 Å². The van der Waals surface area contributed by atoms with Gasteiger partial charge in [-0.2, -0.15) is 0 Å². The summed E-state index contributed by atoms with van der Waals surface area (Å²) in [6.45, 7) is 6.19. The summed E-state index contributed by atoms with van der Waals surface area (Å²) in [6, 6.07) is 12.0. The summed E-state index contributed by atoms with van der Waals surface area (Å²) in [5.74, 6) is 1.31. The van der Waals surface area contributed by atoms with Crippen LogP contribution < -0.4 is 19.8 Å². The molecule has 1 saturated heterocycles. The van der Waals surface area contributed by atoms with Crippen LogP contribution in [0.25, 0.3) is 0 Å². The van der Waals surface area contributed by atoms with Crippen LogP contribution >= 0.6 is 0 Å². The number of amides is 2. The van der Waals surface area contributed by atoms with Crippen LogP contribution in [0, 0.1) is 6.92 Å². The van der Waals surface area contributed by atoms with Crippen LogP contribution in [0.5, 0.6) is 17.2 Å². The number of ether oxygens (including phenoxy) is 2. The van der Waals surface area contributed by atoms with Gasteiger partial charge in [-0.25, -0.2) is 20.1 Å². The zero-order valence-electron chi connectivity index (χ0n) is 19.9. The molecule has 3 aromatic rings. The van der Waals surface area contributed by atoms with Crippen molar-refractivity contribution < 1.29 is 29.2 Å². The Morgan fingerprint density at radius 2 is 1.91 bits per heavy atom.